The predicted octanol–water partition coefficient (Wildman–Crippen LogP) is 4.26. The predicted molar refractivity (Wildman–Crippen MR) is 99.8 cm³/mol. The van der Waals surface area contributed by atoms with E-state index in [9.17, 15) is 4.79 Å². The van der Waals surface area contributed by atoms with Crippen molar-refractivity contribution in [3.05, 3.63) is 54.6 Å². The highest BCUT2D eigenvalue weighted by Crippen LogP contribution is 2.27. The molecule has 0 aliphatic rings. The van der Waals surface area contributed by atoms with E-state index < -0.39 is 0 Å². The van der Waals surface area contributed by atoms with Gasteiger partial charge in [0.1, 0.15) is 5.69 Å². The lowest BCUT2D eigenvalue weighted by Crippen LogP contribution is -2.11. The number of carbonyl (C=O) groups is 1. The summed E-state index contributed by atoms with van der Waals surface area (Å²) in [5, 5.41) is 8.49. The molecule has 0 spiro atoms. The highest BCUT2D eigenvalue weighted by Gasteiger charge is 2.09. The van der Waals surface area contributed by atoms with Crippen LogP contribution in [0.2, 0.25) is 0 Å². The van der Waals surface area contributed by atoms with Crippen molar-refractivity contribution in [1.82, 2.24) is 15.1 Å². The highest BCUT2D eigenvalue weighted by atomic mass is 16.1. The maximum atomic E-state index is 9.57. The van der Waals surface area contributed by atoms with E-state index in [1.54, 1.807) is 0 Å². The number of aromatic nitrogens is 2. The molecule has 0 fully saturated rings. The van der Waals surface area contributed by atoms with Crippen molar-refractivity contribution in [2.45, 2.75) is 33.2 Å². The molecule has 1 heterocycles. The monoisotopic (exact) mass is 323 g/mol. The van der Waals surface area contributed by atoms with Gasteiger partial charge >= 0.3 is 0 Å². The van der Waals surface area contributed by atoms with E-state index in [1.807, 2.05) is 6.07 Å². The number of unbranched alkanes of at least 4 members (excludes halogenated alkanes) is 1. The lowest BCUT2D eigenvalue weighted by atomic mass is 10.1. The maximum Gasteiger partial charge on any atom is 0.207 e. The molecule has 1 aromatic heterocycles. The quantitative estimate of drug-likeness (QED) is 0.544. The Morgan fingerprint density at radius 1 is 1.04 bits per heavy atom. The number of para-hydroxylation sites is 1. The molecule has 1 N–H and O–H groups in total. The number of rotatable bonds is 6. The highest BCUT2D eigenvalue weighted by molar-refractivity contribution is 5.93. The molecule has 0 aliphatic heterocycles. The number of benzene rings is 2. The Morgan fingerprint density at radius 2 is 1.75 bits per heavy atom. The van der Waals surface area contributed by atoms with Gasteiger partial charge in [0.25, 0.3) is 0 Å². The molecular formula is C20H25N3O. The summed E-state index contributed by atoms with van der Waals surface area (Å²) in [4.78, 5) is 9.57. The normalized spacial score (nSPS) is 10.1. The van der Waals surface area contributed by atoms with E-state index >= 15 is 0 Å². The summed E-state index contributed by atoms with van der Waals surface area (Å²) in [6.45, 7) is 5.92. The van der Waals surface area contributed by atoms with Crippen LogP contribution in [0.3, 0.4) is 0 Å². The van der Waals surface area contributed by atoms with Gasteiger partial charge in [-0.3, -0.25) is 9.48 Å². The maximum absolute atomic E-state index is 9.57. The van der Waals surface area contributed by atoms with E-state index in [1.165, 1.54) is 16.5 Å². The van der Waals surface area contributed by atoms with Crippen LogP contribution >= 0.6 is 0 Å². The first kappa shape index (κ1) is 17.7. The summed E-state index contributed by atoms with van der Waals surface area (Å²) >= 11 is 0. The van der Waals surface area contributed by atoms with Crippen molar-refractivity contribution in [2.75, 3.05) is 6.54 Å². The van der Waals surface area contributed by atoms with E-state index in [0.717, 1.165) is 38.0 Å². The average Bonchev–Trinajstić information content (AvgIpc) is 3.02. The lowest BCUT2D eigenvalue weighted by molar-refractivity contribution is -0.109. The molecule has 0 bridgehead atoms. The number of amides is 1. The van der Waals surface area contributed by atoms with Crippen LogP contribution < -0.4 is 5.32 Å². The van der Waals surface area contributed by atoms with Gasteiger partial charge in [-0.2, -0.15) is 5.10 Å². The lowest BCUT2D eigenvalue weighted by Gasteiger charge is -1.96. The SMILES string of the molecule is CCCCNC=O.CCn1nc(-c2ccccc2)c2ccccc21. The van der Waals surface area contributed by atoms with Crippen LogP contribution in [0.15, 0.2) is 54.6 Å². The minimum Gasteiger partial charge on any atom is -0.359 e. The molecule has 3 rings (SSSR count). The number of nitrogens with zero attached hydrogens (tertiary/aromatic N) is 2. The van der Waals surface area contributed by atoms with Crippen LogP contribution in [0.1, 0.15) is 26.7 Å². The summed E-state index contributed by atoms with van der Waals surface area (Å²) in [5.41, 5.74) is 3.45. The van der Waals surface area contributed by atoms with Crippen LogP contribution in [-0.2, 0) is 11.3 Å². The molecule has 0 radical (unpaired) electrons. The zero-order valence-corrected chi connectivity index (χ0v) is 14.4. The molecule has 0 atom stereocenters. The Labute approximate surface area is 143 Å². The van der Waals surface area contributed by atoms with Crippen LogP contribution in [0.4, 0.5) is 0 Å². The standard InChI is InChI=1S/C15H14N2.C5H11NO/c1-2-17-14-11-7-6-10-13(14)15(16-17)12-8-4-3-5-9-12;1-2-3-4-6-5-7/h3-11H,2H2,1H3;5H,2-4H2,1H3,(H,6,7). The first-order valence-electron chi connectivity index (χ1n) is 8.49. The van der Waals surface area contributed by atoms with Crippen molar-refractivity contribution in [3.8, 4) is 11.3 Å². The van der Waals surface area contributed by atoms with Crippen molar-refractivity contribution in [1.29, 1.82) is 0 Å². The van der Waals surface area contributed by atoms with Crippen LogP contribution in [0, 0.1) is 0 Å². The third-order valence-corrected chi connectivity index (χ3v) is 3.76. The zero-order chi connectivity index (χ0) is 17.2. The van der Waals surface area contributed by atoms with Crippen molar-refractivity contribution in [2.24, 2.45) is 0 Å². The van der Waals surface area contributed by atoms with Gasteiger partial charge < -0.3 is 5.32 Å². The fourth-order valence-corrected chi connectivity index (χ4v) is 2.52. The van der Waals surface area contributed by atoms with Gasteiger partial charge in [0.15, 0.2) is 0 Å². The minimum absolute atomic E-state index is 0.732. The topological polar surface area (TPSA) is 46.9 Å². The van der Waals surface area contributed by atoms with Crippen molar-refractivity contribution < 1.29 is 4.79 Å². The van der Waals surface area contributed by atoms with Crippen LogP contribution in [-0.4, -0.2) is 22.7 Å². The summed E-state index contributed by atoms with van der Waals surface area (Å²) in [7, 11) is 0. The molecular weight excluding hydrogens is 298 g/mol. The molecule has 0 unspecified atom stereocenters. The molecule has 0 saturated heterocycles. The molecule has 2 aromatic carbocycles. The van der Waals surface area contributed by atoms with Crippen molar-refractivity contribution >= 4 is 17.3 Å². The van der Waals surface area contributed by atoms with Gasteiger partial charge in [-0.1, -0.05) is 61.9 Å². The molecule has 0 aliphatic carbocycles. The second kappa shape index (κ2) is 9.50. The Bertz CT molecular complexity index is 750. The average molecular weight is 323 g/mol. The summed E-state index contributed by atoms with van der Waals surface area (Å²) in [6, 6.07) is 18.7. The van der Waals surface area contributed by atoms with Crippen LogP contribution in [0.25, 0.3) is 22.2 Å². The van der Waals surface area contributed by atoms with Gasteiger partial charge in [-0.15, -0.1) is 0 Å². The molecule has 4 nitrogen and oxygen atoms in total. The number of fused-ring (bicyclic) bond motifs is 1. The van der Waals surface area contributed by atoms with E-state index in [0.29, 0.717) is 0 Å². The second-order valence-corrected chi connectivity index (χ2v) is 5.47. The Morgan fingerprint density at radius 3 is 2.42 bits per heavy atom. The molecule has 4 heteroatoms. The third kappa shape index (κ3) is 4.44. The Kier molecular flexibility index (Phi) is 7.02. The van der Waals surface area contributed by atoms with Gasteiger partial charge in [0, 0.05) is 24.0 Å². The summed E-state index contributed by atoms with van der Waals surface area (Å²) in [5.74, 6) is 0. The fourth-order valence-electron chi connectivity index (χ4n) is 2.52. The molecule has 24 heavy (non-hydrogen) atoms. The fraction of sp³-hybridized carbons (Fsp3) is 0.300. The molecule has 3 aromatic rings. The first-order chi connectivity index (χ1) is 11.8. The molecule has 126 valence electrons. The second-order valence-electron chi connectivity index (χ2n) is 5.47. The number of nitrogens with one attached hydrogen (secondary N) is 1. The summed E-state index contributed by atoms with van der Waals surface area (Å²) in [6.07, 6.45) is 2.95. The first-order valence-corrected chi connectivity index (χ1v) is 8.49. The van der Waals surface area contributed by atoms with Gasteiger partial charge in [-0.25, -0.2) is 0 Å². The number of carbonyl (C=O) groups excluding carboxylic acids is 1. The number of aryl methyl sites for hydroxylation is 1. The van der Waals surface area contributed by atoms with E-state index in [-0.39, 0.29) is 0 Å². The largest absolute Gasteiger partial charge is 0.359 e. The number of hydrogen-bond acceptors (Lipinski definition) is 2. The van der Waals surface area contributed by atoms with Crippen LogP contribution in [0.5, 0.6) is 0 Å². The smallest absolute Gasteiger partial charge is 0.207 e. The third-order valence-electron chi connectivity index (χ3n) is 3.76. The summed E-state index contributed by atoms with van der Waals surface area (Å²) < 4.78 is 2.05. The van der Waals surface area contributed by atoms with Gasteiger partial charge in [-0.05, 0) is 19.4 Å². The Hall–Kier alpha value is -2.62. The van der Waals surface area contributed by atoms with Crippen molar-refractivity contribution in [3.63, 3.8) is 0 Å². The zero-order valence-electron chi connectivity index (χ0n) is 14.4. The van der Waals surface area contributed by atoms with Gasteiger partial charge in [0.05, 0.1) is 5.52 Å². The number of hydrogen-bond donors (Lipinski definition) is 1. The Balaban J connectivity index is 0.000000256. The van der Waals surface area contributed by atoms with E-state index in [2.05, 4.69) is 72.4 Å². The van der Waals surface area contributed by atoms with Gasteiger partial charge in [0.2, 0.25) is 6.41 Å². The van der Waals surface area contributed by atoms with E-state index in [4.69, 9.17) is 5.10 Å². The minimum atomic E-state index is 0.732. The molecule has 1 amide bonds. The molecule has 0 saturated carbocycles.